The van der Waals surface area contributed by atoms with Crippen molar-refractivity contribution in [1.29, 1.82) is 0 Å². The average Bonchev–Trinajstić information content (AvgIpc) is 2.88. The normalized spacial score (nSPS) is 21.4. The molecule has 1 saturated heterocycles. The number of unbranched alkanes of at least 4 members (excludes halogenated alkanes) is 3. The highest BCUT2D eigenvalue weighted by molar-refractivity contribution is 7.91. The maximum atomic E-state index is 11.6. The third-order valence-corrected chi connectivity index (χ3v) is 5.86. The van der Waals surface area contributed by atoms with E-state index < -0.39 is 9.84 Å². The second-order valence-electron chi connectivity index (χ2n) is 5.77. The van der Waals surface area contributed by atoms with Crippen LogP contribution in [0.2, 0.25) is 0 Å². The smallest absolute Gasteiger partial charge is 0.152 e. The first kappa shape index (κ1) is 15.4. The van der Waals surface area contributed by atoms with Gasteiger partial charge in [0.2, 0.25) is 0 Å². The number of nitrogens with zero attached hydrogens (tertiary/aromatic N) is 2. The van der Waals surface area contributed by atoms with E-state index in [0.29, 0.717) is 12.2 Å². The number of hydrogen-bond acceptors (Lipinski definition) is 4. The van der Waals surface area contributed by atoms with Gasteiger partial charge in [-0.1, -0.05) is 26.2 Å². The van der Waals surface area contributed by atoms with Crippen LogP contribution in [-0.4, -0.2) is 29.7 Å². The van der Waals surface area contributed by atoms with E-state index in [4.69, 9.17) is 5.73 Å². The van der Waals surface area contributed by atoms with Crippen LogP contribution < -0.4 is 5.73 Å². The highest BCUT2D eigenvalue weighted by Gasteiger charge is 2.31. The standard InChI is InChI=1S/C14H25N3O2S/c1-3-4-5-6-7-13-11(2)14(15)17(16-13)12-8-9-20(18,19)10-12/h12H,3-10,15H2,1-2H3. The molecule has 6 heteroatoms. The minimum Gasteiger partial charge on any atom is -0.384 e. The number of sulfone groups is 1. The Hall–Kier alpha value is -1.04. The minimum absolute atomic E-state index is 0.0805. The zero-order valence-electron chi connectivity index (χ0n) is 12.4. The topological polar surface area (TPSA) is 78.0 Å². The molecule has 1 unspecified atom stereocenters. The summed E-state index contributed by atoms with van der Waals surface area (Å²) in [5.74, 6) is 1.06. The van der Waals surface area contributed by atoms with Crippen molar-refractivity contribution in [1.82, 2.24) is 9.78 Å². The van der Waals surface area contributed by atoms with E-state index in [0.717, 1.165) is 24.1 Å². The molecule has 2 heterocycles. The molecule has 20 heavy (non-hydrogen) atoms. The summed E-state index contributed by atoms with van der Waals surface area (Å²) in [4.78, 5) is 0. The minimum atomic E-state index is -2.90. The van der Waals surface area contributed by atoms with Crippen molar-refractivity contribution in [2.24, 2.45) is 0 Å². The van der Waals surface area contributed by atoms with E-state index >= 15 is 0 Å². The molecule has 0 bridgehead atoms. The maximum absolute atomic E-state index is 11.6. The van der Waals surface area contributed by atoms with Gasteiger partial charge in [-0.15, -0.1) is 0 Å². The monoisotopic (exact) mass is 299 g/mol. The van der Waals surface area contributed by atoms with Crippen molar-refractivity contribution in [3.05, 3.63) is 11.3 Å². The molecule has 114 valence electrons. The molecule has 0 aliphatic carbocycles. The number of nitrogens with two attached hydrogens (primary N) is 1. The Morgan fingerprint density at radius 3 is 2.70 bits per heavy atom. The number of aryl methyl sites for hydroxylation is 1. The summed E-state index contributed by atoms with van der Waals surface area (Å²) in [5, 5.41) is 4.58. The van der Waals surface area contributed by atoms with Gasteiger partial charge in [0.25, 0.3) is 0 Å². The van der Waals surface area contributed by atoms with Gasteiger partial charge >= 0.3 is 0 Å². The molecule has 1 aliphatic heterocycles. The predicted molar refractivity (Wildman–Crippen MR) is 81.5 cm³/mol. The number of rotatable bonds is 6. The average molecular weight is 299 g/mol. The van der Waals surface area contributed by atoms with Crippen LogP contribution in [0.5, 0.6) is 0 Å². The Labute approximate surface area is 121 Å². The summed E-state index contributed by atoms with van der Waals surface area (Å²) in [5.41, 5.74) is 8.16. The molecule has 1 fully saturated rings. The molecule has 5 nitrogen and oxygen atoms in total. The van der Waals surface area contributed by atoms with Crippen LogP contribution in [0.25, 0.3) is 0 Å². The number of anilines is 1. The second-order valence-corrected chi connectivity index (χ2v) is 8.00. The lowest BCUT2D eigenvalue weighted by Gasteiger charge is -2.10. The van der Waals surface area contributed by atoms with Gasteiger partial charge in [-0.3, -0.25) is 0 Å². The molecule has 2 rings (SSSR count). The second kappa shape index (κ2) is 6.16. The lowest BCUT2D eigenvalue weighted by molar-refractivity contribution is 0.500. The van der Waals surface area contributed by atoms with Crippen molar-refractivity contribution in [2.45, 2.75) is 58.4 Å². The molecule has 1 aromatic rings. The molecular weight excluding hydrogens is 274 g/mol. The Kier molecular flexibility index (Phi) is 4.73. The summed E-state index contributed by atoms with van der Waals surface area (Å²) < 4.78 is 24.9. The molecule has 0 spiro atoms. The fourth-order valence-corrected chi connectivity index (χ4v) is 4.47. The van der Waals surface area contributed by atoms with Crippen molar-refractivity contribution in [2.75, 3.05) is 17.2 Å². The van der Waals surface area contributed by atoms with Crippen LogP contribution in [0, 0.1) is 6.92 Å². The summed E-state index contributed by atoms with van der Waals surface area (Å²) in [6.45, 7) is 4.18. The van der Waals surface area contributed by atoms with Gasteiger partial charge in [0.1, 0.15) is 5.82 Å². The van der Waals surface area contributed by atoms with Crippen LogP contribution in [0.4, 0.5) is 5.82 Å². The highest BCUT2D eigenvalue weighted by atomic mass is 32.2. The number of nitrogen functional groups attached to an aromatic ring is 1. The lowest BCUT2D eigenvalue weighted by Crippen LogP contribution is -2.15. The molecule has 2 N–H and O–H groups in total. The zero-order chi connectivity index (χ0) is 14.8. The summed E-state index contributed by atoms with van der Waals surface area (Å²) in [6.07, 6.45) is 6.35. The number of aromatic nitrogens is 2. The third-order valence-electron chi connectivity index (χ3n) is 4.11. The van der Waals surface area contributed by atoms with Crippen molar-refractivity contribution >= 4 is 15.7 Å². The Balaban J connectivity index is 2.08. The Morgan fingerprint density at radius 1 is 1.35 bits per heavy atom. The first-order valence-electron chi connectivity index (χ1n) is 7.48. The quantitative estimate of drug-likeness (QED) is 0.817. The molecule has 0 saturated carbocycles. The van der Waals surface area contributed by atoms with E-state index in [1.807, 2.05) is 6.92 Å². The molecular formula is C14H25N3O2S. The summed E-state index contributed by atoms with van der Waals surface area (Å²) in [6, 6.07) is -0.0805. The maximum Gasteiger partial charge on any atom is 0.152 e. The van der Waals surface area contributed by atoms with E-state index in [-0.39, 0.29) is 17.5 Å². The van der Waals surface area contributed by atoms with Crippen molar-refractivity contribution < 1.29 is 8.42 Å². The predicted octanol–water partition coefficient (Wildman–Crippen LogP) is 2.26. The summed E-state index contributed by atoms with van der Waals surface area (Å²) >= 11 is 0. The first-order chi connectivity index (χ1) is 9.44. The molecule has 0 aromatic carbocycles. The molecule has 1 atom stereocenters. The van der Waals surface area contributed by atoms with Crippen molar-refractivity contribution in [3.8, 4) is 0 Å². The lowest BCUT2D eigenvalue weighted by atomic mass is 10.1. The first-order valence-corrected chi connectivity index (χ1v) is 9.30. The fourth-order valence-electron chi connectivity index (χ4n) is 2.78. The van der Waals surface area contributed by atoms with Gasteiger partial charge in [-0.05, 0) is 26.2 Å². The molecule has 1 aromatic heterocycles. The fraction of sp³-hybridized carbons (Fsp3) is 0.786. The molecule has 0 amide bonds. The van der Waals surface area contributed by atoms with Crippen LogP contribution in [-0.2, 0) is 16.3 Å². The van der Waals surface area contributed by atoms with E-state index in [1.165, 1.54) is 19.3 Å². The Bertz CT molecular complexity index is 563. The van der Waals surface area contributed by atoms with Crippen molar-refractivity contribution in [3.63, 3.8) is 0 Å². The zero-order valence-corrected chi connectivity index (χ0v) is 13.2. The summed E-state index contributed by atoms with van der Waals surface area (Å²) in [7, 11) is -2.90. The largest absolute Gasteiger partial charge is 0.384 e. The van der Waals surface area contributed by atoms with E-state index in [9.17, 15) is 8.42 Å². The van der Waals surface area contributed by atoms with Gasteiger partial charge in [-0.25, -0.2) is 13.1 Å². The van der Waals surface area contributed by atoms with E-state index in [1.54, 1.807) is 4.68 Å². The van der Waals surface area contributed by atoms with Crippen LogP contribution >= 0.6 is 0 Å². The Morgan fingerprint density at radius 2 is 2.10 bits per heavy atom. The highest BCUT2D eigenvalue weighted by Crippen LogP contribution is 2.28. The van der Waals surface area contributed by atoms with Gasteiger partial charge < -0.3 is 5.73 Å². The van der Waals surface area contributed by atoms with Gasteiger partial charge in [0, 0.05) is 5.56 Å². The van der Waals surface area contributed by atoms with Crippen LogP contribution in [0.3, 0.4) is 0 Å². The third kappa shape index (κ3) is 3.34. The van der Waals surface area contributed by atoms with Crippen LogP contribution in [0.15, 0.2) is 0 Å². The number of hydrogen-bond donors (Lipinski definition) is 1. The van der Waals surface area contributed by atoms with Gasteiger partial charge in [-0.2, -0.15) is 5.10 Å². The van der Waals surface area contributed by atoms with E-state index in [2.05, 4.69) is 12.0 Å². The molecule has 0 radical (unpaired) electrons. The van der Waals surface area contributed by atoms with Gasteiger partial charge in [0.15, 0.2) is 9.84 Å². The SMILES string of the molecule is CCCCCCc1nn(C2CCS(=O)(=O)C2)c(N)c1C. The van der Waals surface area contributed by atoms with Gasteiger partial charge in [0.05, 0.1) is 23.2 Å². The molecule has 1 aliphatic rings. The van der Waals surface area contributed by atoms with Crippen LogP contribution in [0.1, 0.15) is 56.3 Å².